The van der Waals surface area contributed by atoms with Gasteiger partial charge in [-0.05, 0) is 44.0 Å². The number of para-hydroxylation sites is 1. The summed E-state index contributed by atoms with van der Waals surface area (Å²) >= 11 is 3.20. The Morgan fingerprint density at radius 3 is 2.68 bits per heavy atom. The van der Waals surface area contributed by atoms with Gasteiger partial charge in [0.05, 0.1) is 29.2 Å². The molecule has 2 aromatic carbocycles. The third kappa shape index (κ3) is 5.86. The fourth-order valence-electron chi connectivity index (χ4n) is 3.65. The molecule has 1 amide bonds. The van der Waals surface area contributed by atoms with E-state index in [1.54, 1.807) is 23.1 Å². The van der Waals surface area contributed by atoms with Gasteiger partial charge in [0.2, 0.25) is 5.91 Å². The maximum absolute atomic E-state index is 13.3. The summed E-state index contributed by atoms with van der Waals surface area (Å²) in [5.74, 6) is 0.527. The normalized spacial score (nSPS) is 14.8. The number of carbonyl (C=O) groups is 1. The second-order valence-electron chi connectivity index (χ2n) is 7.87. The summed E-state index contributed by atoms with van der Waals surface area (Å²) in [7, 11) is 0. The lowest BCUT2D eigenvalue weighted by atomic mass is 10.2. The number of carbonyl (C=O) groups excluding carboxylic acids is 1. The molecule has 1 aromatic heterocycles. The number of ether oxygens (including phenoxy) is 1. The number of amides is 1. The molecule has 0 aliphatic carbocycles. The summed E-state index contributed by atoms with van der Waals surface area (Å²) in [6.45, 7) is 9.34. The lowest BCUT2D eigenvalue weighted by Crippen LogP contribution is -2.39. The first-order chi connectivity index (χ1) is 15.1. The van der Waals surface area contributed by atoms with Gasteiger partial charge in [-0.1, -0.05) is 41.2 Å². The van der Waals surface area contributed by atoms with Gasteiger partial charge >= 0.3 is 0 Å². The minimum atomic E-state index is 0.115. The first-order valence-corrected chi connectivity index (χ1v) is 12.6. The fraction of sp³-hybridized carbons (Fsp3) is 0.417. The van der Waals surface area contributed by atoms with Crippen molar-refractivity contribution in [3.63, 3.8) is 0 Å². The molecule has 7 heteroatoms. The van der Waals surface area contributed by atoms with E-state index in [4.69, 9.17) is 9.72 Å². The van der Waals surface area contributed by atoms with E-state index >= 15 is 0 Å². The average molecular weight is 456 g/mol. The van der Waals surface area contributed by atoms with Gasteiger partial charge in [-0.15, -0.1) is 11.8 Å². The molecule has 0 saturated carbocycles. The Labute approximate surface area is 192 Å². The van der Waals surface area contributed by atoms with E-state index in [1.807, 2.05) is 4.90 Å². The number of morpholine rings is 1. The molecule has 0 radical (unpaired) electrons. The van der Waals surface area contributed by atoms with E-state index in [9.17, 15) is 4.79 Å². The van der Waals surface area contributed by atoms with E-state index in [0.717, 1.165) is 65.1 Å². The number of thiazole rings is 1. The maximum atomic E-state index is 13.3. The summed E-state index contributed by atoms with van der Waals surface area (Å²) in [5, 5.41) is 0.806. The van der Waals surface area contributed by atoms with E-state index in [1.165, 1.54) is 5.56 Å². The van der Waals surface area contributed by atoms with Crippen molar-refractivity contribution >= 4 is 44.4 Å². The van der Waals surface area contributed by atoms with Gasteiger partial charge in [0.15, 0.2) is 5.13 Å². The summed E-state index contributed by atoms with van der Waals surface area (Å²) < 4.78 is 6.58. The molecule has 1 aliphatic rings. The topological polar surface area (TPSA) is 45.7 Å². The average Bonchev–Trinajstić information content (AvgIpc) is 3.22. The number of aromatic nitrogens is 1. The zero-order valence-electron chi connectivity index (χ0n) is 18.2. The van der Waals surface area contributed by atoms with Crippen LogP contribution in [0.15, 0.2) is 47.4 Å². The van der Waals surface area contributed by atoms with Crippen LogP contribution in [0.3, 0.4) is 0 Å². The number of rotatable bonds is 8. The van der Waals surface area contributed by atoms with Crippen molar-refractivity contribution in [3.05, 3.63) is 53.6 Å². The van der Waals surface area contributed by atoms with Gasteiger partial charge in [0.1, 0.15) is 0 Å². The van der Waals surface area contributed by atoms with Gasteiger partial charge in [-0.25, -0.2) is 4.98 Å². The van der Waals surface area contributed by atoms with Crippen LogP contribution < -0.4 is 4.90 Å². The number of anilines is 1. The molecule has 0 unspecified atom stereocenters. The van der Waals surface area contributed by atoms with Crippen molar-refractivity contribution in [3.8, 4) is 0 Å². The monoisotopic (exact) mass is 455 g/mol. The van der Waals surface area contributed by atoms with Gasteiger partial charge in [-0.2, -0.15) is 0 Å². The van der Waals surface area contributed by atoms with E-state index in [-0.39, 0.29) is 5.91 Å². The van der Waals surface area contributed by atoms with Crippen molar-refractivity contribution < 1.29 is 9.53 Å². The second-order valence-corrected chi connectivity index (χ2v) is 9.93. The lowest BCUT2D eigenvalue weighted by molar-refractivity contribution is -0.116. The van der Waals surface area contributed by atoms with E-state index < -0.39 is 0 Å². The third-order valence-electron chi connectivity index (χ3n) is 5.48. The van der Waals surface area contributed by atoms with E-state index in [2.05, 4.69) is 61.2 Å². The minimum absolute atomic E-state index is 0.115. The number of hydrogen-bond donors (Lipinski definition) is 0. The van der Waals surface area contributed by atoms with Gasteiger partial charge in [0, 0.05) is 31.1 Å². The summed E-state index contributed by atoms with van der Waals surface area (Å²) in [5.41, 5.74) is 3.37. The molecule has 1 fully saturated rings. The standard InChI is InChI=1S/C24H29N3O2S2/c1-18-7-9-20(10-8-18)30-17-22(28)27(12-4-11-26-13-15-29-16-14-26)24-25-23-19(2)5-3-6-21(23)31-24/h3,5-10H,4,11-17H2,1-2H3. The minimum Gasteiger partial charge on any atom is -0.379 e. The number of fused-ring (bicyclic) bond motifs is 1. The molecule has 0 N–H and O–H groups in total. The van der Waals surface area contributed by atoms with Gasteiger partial charge in [-0.3, -0.25) is 14.6 Å². The van der Waals surface area contributed by atoms with Crippen LogP contribution in [0.1, 0.15) is 17.5 Å². The van der Waals surface area contributed by atoms with Crippen molar-refractivity contribution in [2.45, 2.75) is 25.2 Å². The van der Waals surface area contributed by atoms with Gasteiger partial charge < -0.3 is 4.74 Å². The summed E-state index contributed by atoms with van der Waals surface area (Å²) in [6, 6.07) is 14.5. The van der Waals surface area contributed by atoms with Crippen LogP contribution in [-0.4, -0.2) is 60.9 Å². The lowest BCUT2D eigenvalue weighted by Gasteiger charge is -2.27. The van der Waals surface area contributed by atoms with Crippen LogP contribution in [0, 0.1) is 13.8 Å². The number of thioether (sulfide) groups is 1. The fourth-order valence-corrected chi connectivity index (χ4v) is 5.51. The Bertz CT molecular complexity index is 1010. The van der Waals surface area contributed by atoms with Crippen molar-refractivity contribution in [1.82, 2.24) is 9.88 Å². The predicted octanol–water partition coefficient (Wildman–Crippen LogP) is 4.76. The zero-order chi connectivity index (χ0) is 21.6. The molecule has 1 saturated heterocycles. The molecule has 164 valence electrons. The Balaban J connectivity index is 1.47. The van der Waals surface area contributed by atoms with Crippen LogP contribution in [0.25, 0.3) is 10.2 Å². The quantitative estimate of drug-likeness (QED) is 0.458. The van der Waals surface area contributed by atoms with Crippen LogP contribution >= 0.6 is 23.1 Å². The molecular formula is C24H29N3O2S2. The predicted molar refractivity (Wildman–Crippen MR) is 130 cm³/mol. The molecular weight excluding hydrogens is 426 g/mol. The summed E-state index contributed by atoms with van der Waals surface area (Å²) in [6.07, 6.45) is 0.926. The van der Waals surface area contributed by atoms with Crippen molar-refractivity contribution in [2.24, 2.45) is 0 Å². The molecule has 3 aromatic rings. The molecule has 1 aliphatic heterocycles. The van der Waals surface area contributed by atoms with Crippen LogP contribution in [0.4, 0.5) is 5.13 Å². The van der Waals surface area contributed by atoms with Crippen molar-refractivity contribution in [1.29, 1.82) is 0 Å². The Morgan fingerprint density at radius 2 is 1.94 bits per heavy atom. The number of aryl methyl sites for hydroxylation is 2. The molecule has 5 nitrogen and oxygen atoms in total. The Hall–Kier alpha value is -1.93. The first kappa shape index (κ1) is 22.3. The highest BCUT2D eigenvalue weighted by Crippen LogP contribution is 2.31. The maximum Gasteiger partial charge on any atom is 0.239 e. The smallest absolute Gasteiger partial charge is 0.239 e. The zero-order valence-corrected chi connectivity index (χ0v) is 19.8. The molecule has 2 heterocycles. The highest BCUT2D eigenvalue weighted by atomic mass is 32.2. The van der Waals surface area contributed by atoms with Crippen LogP contribution in [0.2, 0.25) is 0 Å². The molecule has 0 atom stereocenters. The largest absolute Gasteiger partial charge is 0.379 e. The first-order valence-electron chi connectivity index (χ1n) is 10.8. The highest BCUT2D eigenvalue weighted by molar-refractivity contribution is 8.00. The SMILES string of the molecule is Cc1ccc(SCC(=O)N(CCCN2CCOCC2)c2nc3c(C)cccc3s2)cc1. The second kappa shape index (κ2) is 10.6. The number of nitrogens with zero attached hydrogens (tertiary/aromatic N) is 3. The molecule has 4 rings (SSSR count). The van der Waals surface area contributed by atoms with Gasteiger partial charge in [0.25, 0.3) is 0 Å². The van der Waals surface area contributed by atoms with Crippen molar-refractivity contribution in [2.75, 3.05) is 50.0 Å². The number of benzene rings is 2. The third-order valence-corrected chi connectivity index (χ3v) is 7.52. The highest BCUT2D eigenvalue weighted by Gasteiger charge is 2.21. The molecule has 0 bridgehead atoms. The molecule has 0 spiro atoms. The molecule has 31 heavy (non-hydrogen) atoms. The van der Waals surface area contributed by atoms with E-state index in [0.29, 0.717) is 12.3 Å². The van der Waals surface area contributed by atoms with Crippen LogP contribution in [-0.2, 0) is 9.53 Å². The number of hydrogen-bond acceptors (Lipinski definition) is 6. The Kier molecular flexibility index (Phi) is 7.61. The summed E-state index contributed by atoms with van der Waals surface area (Å²) in [4.78, 5) is 23.5. The Morgan fingerprint density at radius 1 is 1.16 bits per heavy atom. The van der Waals surface area contributed by atoms with Crippen LogP contribution in [0.5, 0.6) is 0 Å².